The zero-order chi connectivity index (χ0) is 32.6. The number of halogens is 9. The van der Waals surface area contributed by atoms with Crippen LogP contribution in [0.3, 0.4) is 0 Å². The van der Waals surface area contributed by atoms with Crippen LogP contribution in [0.2, 0.25) is 0 Å². The van der Waals surface area contributed by atoms with E-state index >= 15 is 0 Å². The SMILES string of the molecule is O=C(OC1CCN(c2nc3c(c(Nc4ccc(C(F)(F)F)cc4)n2)CCN(c2ncccc2C(F)(F)F)CC3)CC1)C(F)(F)F. The third kappa shape index (κ3) is 7.50. The van der Waals surface area contributed by atoms with Crippen LogP contribution in [-0.2, 0) is 34.7 Å². The molecular weight excluding hydrogens is 623 g/mol. The van der Waals surface area contributed by atoms with Gasteiger partial charge in [-0.2, -0.15) is 44.5 Å². The molecule has 3 aromatic rings. The maximum absolute atomic E-state index is 13.7. The van der Waals surface area contributed by atoms with Gasteiger partial charge in [-0.25, -0.2) is 14.8 Å². The highest BCUT2D eigenvalue weighted by molar-refractivity contribution is 5.75. The van der Waals surface area contributed by atoms with E-state index in [0.29, 0.717) is 11.3 Å². The number of nitrogens with zero attached hydrogens (tertiary/aromatic N) is 5. The number of hydrogen-bond donors (Lipinski definition) is 1. The van der Waals surface area contributed by atoms with Gasteiger partial charge in [0.05, 0.1) is 16.8 Å². The fraction of sp³-hybridized carbons (Fsp3) is 0.429. The van der Waals surface area contributed by atoms with Crippen molar-refractivity contribution in [1.82, 2.24) is 15.0 Å². The normalized spacial score (nSPS) is 16.6. The molecule has 5 rings (SSSR count). The van der Waals surface area contributed by atoms with Crippen LogP contribution in [0.25, 0.3) is 0 Å². The smallest absolute Gasteiger partial charge is 0.456 e. The van der Waals surface area contributed by atoms with Crippen molar-refractivity contribution in [2.24, 2.45) is 0 Å². The number of carbonyl (C=O) groups excluding carboxylic acids is 1. The van der Waals surface area contributed by atoms with E-state index in [4.69, 9.17) is 0 Å². The molecule has 0 bridgehead atoms. The second kappa shape index (κ2) is 12.2. The summed E-state index contributed by atoms with van der Waals surface area (Å²) < 4.78 is 123. The Labute approximate surface area is 250 Å². The van der Waals surface area contributed by atoms with Crippen LogP contribution in [-0.4, -0.2) is 59.4 Å². The molecule has 1 N–H and O–H groups in total. The summed E-state index contributed by atoms with van der Waals surface area (Å²) in [6.45, 7) is 0.471. The van der Waals surface area contributed by atoms with Crippen molar-refractivity contribution in [2.75, 3.05) is 41.3 Å². The molecule has 0 amide bonds. The van der Waals surface area contributed by atoms with Gasteiger partial charge in [0.2, 0.25) is 5.95 Å². The van der Waals surface area contributed by atoms with Crippen molar-refractivity contribution in [2.45, 2.75) is 50.3 Å². The number of esters is 1. The quantitative estimate of drug-likeness (QED) is 0.254. The van der Waals surface area contributed by atoms with Gasteiger partial charge in [-0.15, -0.1) is 0 Å². The molecule has 0 saturated carbocycles. The van der Waals surface area contributed by atoms with Gasteiger partial charge in [-0.05, 0) is 42.8 Å². The molecule has 0 aliphatic carbocycles. The van der Waals surface area contributed by atoms with Gasteiger partial charge in [-0.3, -0.25) is 0 Å². The Balaban J connectivity index is 1.42. The first-order valence-corrected chi connectivity index (χ1v) is 13.7. The molecule has 45 heavy (non-hydrogen) atoms. The minimum atomic E-state index is -5.12. The first kappa shape index (κ1) is 32.1. The first-order chi connectivity index (χ1) is 21.1. The van der Waals surface area contributed by atoms with Crippen LogP contribution < -0.4 is 15.1 Å². The molecule has 0 atom stereocenters. The van der Waals surface area contributed by atoms with Gasteiger partial charge >= 0.3 is 24.5 Å². The van der Waals surface area contributed by atoms with Gasteiger partial charge < -0.3 is 19.9 Å². The molecule has 1 saturated heterocycles. The van der Waals surface area contributed by atoms with E-state index in [1.165, 1.54) is 29.3 Å². The molecular formula is C28H25F9N6O2. The maximum Gasteiger partial charge on any atom is 0.490 e. The average molecular weight is 649 g/mol. The summed E-state index contributed by atoms with van der Waals surface area (Å²) in [5, 5.41) is 3.01. The van der Waals surface area contributed by atoms with E-state index in [9.17, 15) is 44.3 Å². The standard InChI is InChI=1S/C28H25F9N6O2/c29-26(30,31)16-3-5-17(6-4-16)39-22-19-9-14-42(23-20(27(32,33)34)2-1-11-38-23)15-10-21(19)40-25(41-22)43-12-7-18(8-13-43)45-24(44)28(35,36)37/h1-6,11,18H,7-10,12-15H2,(H,39,40,41). The van der Waals surface area contributed by atoms with E-state index in [2.05, 4.69) is 25.0 Å². The average Bonchev–Trinajstić information content (AvgIpc) is 3.19. The number of anilines is 4. The van der Waals surface area contributed by atoms with E-state index in [1.54, 1.807) is 4.90 Å². The second-order valence-corrected chi connectivity index (χ2v) is 10.4. The number of benzene rings is 1. The molecule has 0 unspecified atom stereocenters. The number of aromatic nitrogens is 3. The van der Waals surface area contributed by atoms with E-state index in [1.807, 2.05) is 0 Å². The molecule has 8 nitrogen and oxygen atoms in total. The summed E-state index contributed by atoms with van der Waals surface area (Å²) in [5.74, 6) is -2.15. The molecule has 17 heteroatoms. The van der Waals surface area contributed by atoms with E-state index in [0.717, 1.165) is 18.2 Å². The van der Waals surface area contributed by atoms with Crippen LogP contribution in [0.1, 0.15) is 35.2 Å². The minimum Gasteiger partial charge on any atom is -0.456 e. The van der Waals surface area contributed by atoms with Crippen molar-refractivity contribution in [1.29, 1.82) is 0 Å². The summed E-state index contributed by atoms with van der Waals surface area (Å²) in [4.78, 5) is 27.6. The van der Waals surface area contributed by atoms with Crippen molar-refractivity contribution in [3.63, 3.8) is 0 Å². The summed E-state index contributed by atoms with van der Waals surface area (Å²) in [7, 11) is 0. The molecule has 2 aromatic heterocycles. The second-order valence-electron chi connectivity index (χ2n) is 10.4. The van der Waals surface area contributed by atoms with Gasteiger partial charge in [0.15, 0.2) is 0 Å². The minimum absolute atomic E-state index is 0.0532. The van der Waals surface area contributed by atoms with Crippen LogP contribution >= 0.6 is 0 Å². The summed E-state index contributed by atoms with van der Waals surface area (Å²) in [6, 6.07) is 6.32. The fourth-order valence-corrected chi connectivity index (χ4v) is 5.18. The topological polar surface area (TPSA) is 83.5 Å². The third-order valence-corrected chi connectivity index (χ3v) is 7.43. The highest BCUT2D eigenvalue weighted by atomic mass is 19.4. The van der Waals surface area contributed by atoms with Crippen molar-refractivity contribution >= 4 is 29.2 Å². The number of hydrogen-bond acceptors (Lipinski definition) is 8. The number of nitrogens with one attached hydrogen (secondary N) is 1. The zero-order valence-electron chi connectivity index (χ0n) is 23.2. The number of piperidine rings is 1. The Morgan fingerprint density at radius 2 is 1.49 bits per heavy atom. The van der Waals surface area contributed by atoms with Gasteiger partial charge in [0.25, 0.3) is 0 Å². The summed E-state index contributed by atoms with van der Waals surface area (Å²) in [5.41, 5.74) is -0.486. The number of alkyl halides is 9. The predicted octanol–water partition coefficient (Wildman–Crippen LogP) is 6.33. The first-order valence-electron chi connectivity index (χ1n) is 13.7. The van der Waals surface area contributed by atoms with Crippen LogP contribution in [0.5, 0.6) is 0 Å². The molecule has 1 fully saturated rings. The molecule has 2 aliphatic heterocycles. The Bertz CT molecular complexity index is 1520. The zero-order valence-corrected chi connectivity index (χ0v) is 23.2. The maximum atomic E-state index is 13.7. The fourth-order valence-electron chi connectivity index (χ4n) is 5.18. The van der Waals surface area contributed by atoms with Gasteiger partial charge in [-0.1, -0.05) is 0 Å². The Morgan fingerprint density at radius 1 is 0.822 bits per heavy atom. The van der Waals surface area contributed by atoms with E-state index in [-0.39, 0.29) is 75.1 Å². The third-order valence-electron chi connectivity index (χ3n) is 7.43. The van der Waals surface area contributed by atoms with Crippen LogP contribution in [0.15, 0.2) is 42.6 Å². The molecule has 0 radical (unpaired) electrons. The monoisotopic (exact) mass is 648 g/mol. The number of fused-ring (bicyclic) bond motifs is 1. The predicted molar refractivity (Wildman–Crippen MR) is 143 cm³/mol. The highest BCUT2D eigenvalue weighted by Crippen LogP contribution is 2.37. The lowest BCUT2D eigenvalue weighted by molar-refractivity contribution is -0.205. The number of ether oxygens (including phenoxy) is 1. The van der Waals surface area contributed by atoms with Crippen LogP contribution in [0.4, 0.5) is 62.8 Å². The summed E-state index contributed by atoms with van der Waals surface area (Å²) in [6.07, 6.45) is -13.6. The molecule has 242 valence electrons. The highest BCUT2D eigenvalue weighted by Gasteiger charge is 2.43. The Hall–Kier alpha value is -4.31. The Morgan fingerprint density at radius 3 is 2.11 bits per heavy atom. The van der Waals surface area contributed by atoms with Crippen molar-refractivity contribution in [3.8, 4) is 0 Å². The van der Waals surface area contributed by atoms with Gasteiger partial charge in [0, 0.05) is 62.9 Å². The molecule has 2 aliphatic rings. The van der Waals surface area contributed by atoms with Crippen molar-refractivity contribution in [3.05, 3.63) is 65.0 Å². The molecule has 0 spiro atoms. The van der Waals surface area contributed by atoms with Crippen molar-refractivity contribution < 1.29 is 49.0 Å². The number of carbonyl (C=O) groups is 1. The van der Waals surface area contributed by atoms with E-state index < -0.39 is 41.7 Å². The lowest BCUT2D eigenvalue weighted by atomic mass is 10.1. The largest absolute Gasteiger partial charge is 0.490 e. The lowest BCUT2D eigenvalue weighted by Crippen LogP contribution is -2.40. The Kier molecular flexibility index (Phi) is 8.72. The number of rotatable bonds is 5. The van der Waals surface area contributed by atoms with Crippen LogP contribution in [0, 0.1) is 0 Å². The molecule has 1 aromatic carbocycles. The lowest BCUT2D eigenvalue weighted by Gasteiger charge is -2.32. The number of pyridine rings is 1. The molecule has 4 heterocycles. The van der Waals surface area contributed by atoms with Gasteiger partial charge in [0.1, 0.15) is 17.7 Å². The summed E-state index contributed by atoms with van der Waals surface area (Å²) >= 11 is 0.